The van der Waals surface area contributed by atoms with E-state index in [2.05, 4.69) is 21.6 Å². The first-order valence-corrected chi connectivity index (χ1v) is 5.51. The summed E-state index contributed by atoms with van der Waals surface area (Å²) < 4.78 is 17.5. The maximum absolute atomic E-state index is 12.9. The lowest BCUT2D eigenvalue weighted by Gasteiger charge is -1.98. The SMILES string of the molecule is COC(=O)c1cccc(C#Cc2ccnc(F)c2)c1. The van der Waals surface area contributed by atoms with Gasteiger partial charge in [-0.15, -0.1) is 0 Å². The summed E-state index contributed by atoms with van der Waals surface area (Å²) in [6.45, 7) is 0. The third-order valence-corrected chi connectivity index (χ3v) is 2.36. The second-order valence-corrected chi connectivity index (χ2v) is 3.69. The normalized spacial score (nSPS) is 9.37. The van der Waals surface area contributed by atoms with Gasteiger partial charge in [0.05, 0.1) is 12.7 Å². The van der Waals surface area contributed by atoms with E-state index in [0.29, 0.717) is 16.7 Å². The second kappa shape index (κ2) is 5.78. The highest BCUT2D eigenvalue weighted by atomic mass is 19.1. The minimum absolute atomic E-state index is 0.418. The molecule has 0 unspecified atom stereocenters. The Labute approximate surface area is 110 Å². The summed E-state index contributed by atoms with van der Waals surface area (Å²) in [7, 11) is 1.32. The number of methoxy groups -OCH3 is 1. The molecule has 0 saturated carbocycles. The fourth-order valence-corrected chi connectivity index (χ4v) is 1.47. The highest BCUT2D eigenvalue weighted by molar-refractivity contribution is 5.89. The molecule has 0 amide bonds. The highest BCUT2D eigenvalue weighted by Crippen LogP contribution is 2.06. The van der Waals surface area contributed by atoms with Gasteiger partial charge in [-0.05, 0) is 24.3 Å². The minimum Gasteiger partial charge on any atom is -0.465 e. The van der Waals surface area contributed by atoms with Gasteiger partial charge in [-0.25, -0.2) is 9.78 Å². The third kappa shape index (κ3) is 3.39. The van der Waals surface area contributed by atoms with Crippen molar-refractivity contribution in [3.63, 3.8) is 0 Å². The predicted octanol–water partition coefficient (Wildman–Crippen LogP) is 2.41. The summed E-state index contributed by atoms with van der Waals surface area (Å²) in [5.74, 6) is 4.67. The van der Waals surface area contributed by atoms with E-state index in [1.165, 1.54) is 19.4 Å². The van der Waals surface area contributed by atoms with Crippen molar-refractivity contribution in [1.29, 1.82) is 0 Å². The molecule has 1 aromatic heterocycles. The Hall–Kier alpha value is -2.67. The number of benzene rings is 1. The summed E-state index contributed by atoms with van der Waals surface area (Å²) in [6, 6.07) is 9.59. The number of ether oxygens (including phenoxy) is 1. The van der Waals surface area contributed by atoms with Gasteiger partial charge in [0.15, 0.2) is 0 Å². The molecule has 19 heavy (non-hydrogen) atoms. The van der Waals surface area contributed by atoms with Gasteiger partial charge in [0.25, 0.3) is 0 Å². The summed E-state index contributed by atoms with van der Waals surface area (Å²) in [6.07, 6.45) is 1.35. The van der Waals surface area contributed by atoms with E-state index in [1.54, 1.807) is 30.3 Å². The van der Waals surface area contributed by atoms with Crippen molar-refractivity contribution in [3.8, 4) is 11.8 Å². The number of halogens is 1. The summed E-state index contributed by atoms with van der Waals surface area (Å²) in [5.41, 5.74) is 1.60. The first kappa shape index (κ1) is 12.8. The van der Waals surface area contributed by atoms with Gasteiger partial charge in [-0.3, -0.25) is 0 Å². The molecule has 2 rings (SSSR count). The van der Waals surface area contributed by atoms with Crippen LogP contribution in [0.2, 0.25) is 0 Å². The topological polar surface area (TPSA) is 39.2 Å². The number of aromatic nitrogens is 1. The van der Waals surface area contributed by atoms with E-state index in [-0.39, 0.29) is 0 Å². The van der Waals surface area contributed by atoms with Crippen LogP contribution in [0.3, 0.4) is 0 Å². The van der Waals surface area contributed by atoms with Crippen molar-refractivity contribution in [2.75, 3.05) is 7.11 Å². The quantitative estimate of drug-likeness (QED) is 0.446. The molecular formula is C15H10FNO2. The smallest absolute Gasteiger partial charge is 0.337 e. The number of hydrogen-bond donors (Lipinski definition) is 0. The largest absolute Gasteiger partial charge is 0.465 e. The molecule has 0 atom stereocenters. The van der Waals surface area contributed by atoms with Crippen LogP contribution < -0.4 is 0 Å². The Bertz CT molecular complexity index is 671. The molecule has 4 heteroatoms. The summed E-state index contributed by atoms with van der Waals surface area (Å²) in [5, 5.41) is 0. The molecule has 1 aromatic carbocycles. The third-order valence-electron chi connectivity index (χ3n) is 2.36. The van der Waals surface area contributed by atoms with E-state index in [9.17, 15) is 9.18 Å². The van der Waals surface area contributed by atoms with E-state index in [1.807, 2.05) is 0 Å². The van der Waals surface area contributed by atoms with Gasteiger partial charge in [0, 0.05) is 23.4 Å². The van der Waals surface area contributed by atoms with Gasteiger partial charge in [-0.2, -0.15) is 4.39 Å². The van der Waals surface area contributed by atoms with Crippen molar-refractivity contribution in [1.82, 2.24) is 4.98 Å². The fraction of sp³-hybridized carbons (Fsp3) is 0.0667. The first-order chi connectivity index (χ1) is 9.19. The molecule has 0 saturated heterocycles. The van der Waals surface area contributed by atoms with Gasteiger partial charge in [0.2, 0.25) is 5.95 Å². The second-order valence-electron chi connectivity index (χ2n) is 3.69. The number of hydrogen-bond acceptors (Lipinski definition) is 3. The van der Waals surface area contributed by atoms with Crippen LogP contribution in [0.1, 0.15) is 21.5 Å². The zero-order chi connectivity index (χ0) is 13.7. The van der Waals surface area contributed by atoms with Crippen LogP contribution in [0.25, 0.3) is 0 Å². The number of carbonyl (C=O) groups is 1. The molecule has 0 aliphatic carbocycles. The Morgan fingerprint density at radius 2 is 1.95 bits per heavy atom. The van der Waals surface area contributed by atoms with Gasteiger partial charge >= 0.3 is 5.97 Å². The van der Waals surface area contributed by atoms with Crippen molar-refractivity contribution in [2.45, 2.75) is 0 Å². The van der Waals surface area contributed by atoms with Crippen molar-refractivity contribution < 1.29 is 13.9 Å². The lowest BCUT2D eigenvalue weighted by Crippen LogP contribution is -2.00. The maximum atomic E-state index is 12.9. The average molecular weight is 255 g/mol. The van der Waals surface area contributed by atoms with Crippen LogP contribution in [0, 0.1) is 17.8 Å². The molecule has 0 N–H and O–H groups in total. The fourth-order valence-electron chi connectivity index (χ4n) is 1.47. The molecule has 3 nitrogen and oxygen atoms in total. The van der Waals surface area contributed by atoms with E-state index < -0.39 is 11.9 Å². The molecule has 0 bridgehead atoms. The first-order valence-electron chi connectivity index (χ1n) is 5.51. The predicted molar refractivity (Wildman–Crippen MR) is 68.0 cm³/mol. The van der Waals surface area contributed by atoms with Crippen LogP contribution in [0.5, 0.6) is 0 Å². The Balaban J connectivity index is 2.27. The number of nitrogens with zero attached hydrogens (tertiary/aromatic N) is 1. The van der Waals surface area contributed by atoms with Crippen molar-refractivity contribution in [2.24, 2.45) is 0 Å². The molecule has 0 radical (unpaired) electrons. The number of pyridine rings is 1. The van der Waals surface area contributed by atoms with Crippen molar-refractivity contribution in [3.05, 3.63) is 65.2 Å². The van der Waals surface area contributed by atoms with Crippen LogP contribution in [-0.4, -0.2) is 18.1 Å². The lowest BCUT2D eigenvalue weighted by molar-refractivity contribution is 0.0600. The van der Waals surface area contributed by atoms with Crippen LogP contribution in [-0.2, 0) is 4.74 Å². The lowest BCUT2D eigenvalue weighted by atomic mass is 10.1. The molecule has 0 spiro atoms. The number of esters is 1. The average Bonchev–Trinajstić information content (AvgIpc) is 2.45. The molecule has 2 aromatic rings. The van der Waals surface area contributed by atoms with E-state index in [0.717, 1.165) is 0 Å². The maximum Gasteiger partial charge on any atom is 0.337 e. The molecule has 0 aliphatic heterocycles. The van der Waals surface area contributed by atoms with Crippen LogP contribution in [0.4, 0.5) is 4.39 Å². The van der Waals surface area contributed by atoms with Gasteiger partial charge in [-0.1, -0.05) is 17.9 Å². The standard InChI is InChI=1S/C15H10FNO2/c1-19-15(18)13-4-2-3-11(9-13)5-6-12-7-8-17-14(16)10-12/h2-4,7-10H,1H3. The van der Waals surface area contributed by atoms with Crippen LogP contribution in [0.15, 0.2) is 42.6 Å². The number of carbonyl (C=O) groups excluding carboxylic acids is 1. The van der Waals surface area contributed by atoms with Crippen LogP contribution >= 0.6 is 0 Å². The molecular weight excluding hydrogens is 245 g/mol. The molecule has 1 heterocycles. The molecule has 0 fully saturated rings. The zero-order valence-electron chi connectivity index (χ0n) is 10.2. The van der Waals surface area contributed by atoms with Gasteiger partial charge < -0.3 is 4.74 Å². The molecule has 0 aliphatic rings. The summed E-state index contributed by atoms with van der Waals surface area (Å²) >= 11 is 0. The minimum atomic E-state index is -0.574. The van der Waals surface area contributed by atoms with E-state index in [4.69, 9.17) is 0 Å². The molecule has 94 valence electrons. The number of rotatable bonds is 1. The monoisotopic (exact) mass is 255 g/mol. The Morgan fingerprint density at radius 3 is 2.63 bits per heavy atom. The van der Waals surface area contributed by atoms with Gasteiger partial charge in [0.1, 0.15) is 0 Å². The van der Waals surface area contributed by atoms with E-state index >= 15 is 0 Å². The summed E-state index contributed by atoms with van der Waals surface area (Å²) in [4.78, 5) is 14.8. The zero-order valence-corrected chi connectivity index (χ0v) is 10.2. The van der Waals surface area contributed by atoms with Crippen molar-refractivity contribution >= 4 is 5.97 Å². The Kier molecular flexibility index (Phi) is 3.89. The Morgan fingerprint density at radius 1 is 1.21 bits per heavy atom. The highest BCUT2D eigenvalue weighted by Gasteiger charge is 2.04.